The number of aldehydes is 1. The van der Waals surface area contributed by atoms with E-state index in [1.165, 1.54) is 5.56 Å². The fourth-order valence-electron chi connectivity index (χ4n) is 2.33. The molecule has 0 bridgehead atoms. The second-order valence-electron chi connectivity index (χ2n) is 4.38. The maximum atomic E-state index is 11.1. The van der Waals surface area contributed by atoms with Crippen molar-refractivity contribution in [1.82, 2.24) is 4.57 Å². The highest BCUT2D eigenvalue weighted by atomic mass is 16.1. The smallest absolute Gasteiger partial charge is 0.152 e. The molecule has 0 aliphatic rings. The normalized spacial score (nSPS) is 10.7. The summed E-state index contributed by atoms with van der Waals surface area (Å²) >= 11 is 0. The van der Waals surface area contributed by atoms with Gasteiger partial charge in [0, 0.05) is 22.8 Å². The van der Waals surface area contributed by atoms with Gasteiger partial charge in [-0.1, -0.05) is 36.4 Å². The summed E-state index contributed by atoms with van der Waals surface area (Å²) in [5.74, 6) is 0. The summed E-state index contributed by atoms with van der Waals surface area (Å²) < 4.78 is 2.08. The fourth-order valence-corrected chi connectivity index (χ4v) is 2.33. The molecule has 0 aliphatic carbocycles. The zero-order valence-electron chi connectivity index (χ0n) is 10.1. The largest absolute Gasteiger partial charge is 0.316 e. The highest BCUT2D eigenvalue weighted by Crippen LogP contribution is 2.25. The molecule has 0 radical (unpaired) electrons. The van der Waals surface area contributed by atoms with Crippen molar-refractivity contribution in [3.8, 4) is 5.69 Å². The molecule has 0 amide bonds. The maximum Gasteiger partial charge on any atom is 0.152 e. The van der Waals surface area contributed by atoms with Crippen LogP contribution in [0.3, 0.4) is 0 Å². The molecule has 18 heavy (non-hydrogen) atoms. The van der Waals surface area contributed by atoms with E-state index in [1.807, 2.05) is 42.6 Å². The predicted octanol–water partition coefficient (Wildman–Crippen LogP) is 3.75. The third kappa shape index (κ3) is 1.54. The molecule has 0 aliphatic heterocycles. The van der Waals surface area contributed by atoms with Gasteiger partial charge in [-0.05, 0) is 24.6 Å². The molecule has 0 saturated carbocycles. The van der Waals surface area contributed by atoms with Crippen molar-refractivity contribution in [1.29, 1.82) is 0 Å². The number of nitrogens with zero attached hydrogens (tertiary/aromatic N) is 1. The lowest BCUT2D eigenvalue weighted by Gasteiger charge is -2.08. The Labute approximate surface area is 105 Å². The molecular weight excluding hydrogens is 222 g/mol. The molecular formula is C16H13NO. The minimum atomic E-state index is 0.730. The van der Waals surface area contributed by atoms with Gasteiger partial charge < -0.3 is 4.57 Å². The van der Waals surface area contributed by atoms with Crippen molar-refractivity contribution in [3.05, 3.63) is 65.9 Å². The molecule has 2 aromatic carbocycles. The minimum Gasteiger partial charge on any atom is -0.316 e. The van der Waals surface area contributed by atoms with Crippen LogP contribution in [0.5, 0.6) is 0 Å². The van der Waals surface area contributed by atoms with E-state index in [9.17, 15) is 4.79 Å². The summed E-state index contributed by atoms with van der Waals surface area (Å²) in [4.78, 5) is 11.1. The number of hydrogen-bond donors (Lipinski definition) is 0. The van der Waals surface area contributed by atoms with Gasteiger partial charge in [0.15, 0.2) is 6.29 Å². The van der Waals surface area contributed by atoms with Crippen LogP contribution < -0.4 is 0 Å². The number of aromatic nitrogens is 1. The number of fused-ring (bicyclic) bond motifs is 1. The van der Waals surface area contributed by atoms with Gasteiger partial charge in [-0.25, -0.2) is 0 Å². The Kier molecular flexibility index (Phi) is 2.49. The summed E-state index contributed by atoms with van der Waals surface area (Å²) in [5, 5.41) is 0.996. The Hall–Kier alpha value is -2.35. The second-order valence-corrected chi connectivity index (χ2v) is 4.38. The van der Waals surface area contributed by atoms with Gasteiger partial charge in [-0.15, -0.1) is 0 Å². The second kappa shape index (κ2) is 4.15. The van der Waals surface area contributed by atoms with Crippen LogP contribution in [-0.4, -0.2) is 10.9 Å². The first-order valence-electron chi connectivity index (χ1n) is 5.92. The van der Waals surface area contributed by atoms with Crippen molar-refractivity contribution < 1.29 is 4.79 Å². The van der Waals surface area contributed by atoms with Crippen LogP contribution in [0.15, 0.2) is 54.7 Å². The molecule has 3 aromatic rings. The maximum absolute atomic E-state index is 11.1. The van der Waals surface area contributed by atoms with Gasteiger partial charge in [0.1, 0.15) is 0 Å². The van der Waals surface area contributed by atoms with Crippen molar-refractivity contribution in [2.45, 2.75) is 6.92 Å². The molecule has 0 atom stereocenters. The van der Waals surface area contributed by atoms with E-state index in [0.29, 0.717) is 0 Å². The lowest BCUT2D eigenvalue weighted by molar-refractivity contribution is 0.112. The number of para-hydroxylation sites is 2. The molecule has 2 heteroatoms. The zero-order valence-corrected chi connectivity index (χ0v) is 10.1. The number of rotatable bonds is 2. The summed E-state index contributed by atoms with van der Waals surface area (Å²) in [5.41, 5.74) is 4.10. The Morgan fingerprint density at radius 1 is 1.00 bits per heavy atom. The van der Waals surface area contributed by atoms with E-state index in [4.69, 9.17) is 0 Å². The van der Waals surface area contributed by atoms with Gasteiger partial charge in [0.05, 0.1) is 5.52 Å². The third-order valence-corrected chi connectivity index (χ3v) is 3.24. The van der Waals surface area contributed by atoms with Crippen molar-refractivity contribution in [2.24, 2.45) is 0 Å². The van der Waals surface area contributed by atoms with Crippen LogP contribution in [0.25, 0.3) is 16.6 Å². The van der Waals surface area contributed by atoms with Crippen LogP contribution in [0, 0.1) is 6.92 Å². The molecule has 0 spiro atoms. The van der Waals surface area contributed by atoms with Crippen LogP contribution in [-0.2, 0) is 0 Å². The van der Waals surface area contributed by atoms with Crippen LogP contribution in [0.2, 0.25) is 0 Å². The molecule has 0 unspecified atom stereocenters. The number of hydrogen-bond acceptors (Lipinski definition) is 1. The average Bonchev–Trinajstić information content (AvgIpc) is 2.78. The number of carbonyl (C=O) groups excluding carboxylic acids is 1. The quantitative estimate of drug-likeness (QED) is 0.620. The van der Waals surface area contributed by atoms with E-state index in [0.717, 1.165) is 28.4 Å². The minimum absolute atomic E-state index is 0.730. The van der Waals surface area contributed by atoms with Crippen molar-refractivity contribution in [3.63, 3.8) is 0 Å². The Morgan fingerprint density at radius 3 is 2.50 bits per heavy atom. The monoisotopic (exact) mass is 235 g/mol. The summed E-state index contributed by atoms with van der Waals surface area (Å²) in [6, 6.07) is 16.1. The molecule has 0 N–H and O–H groups in total. The molecule has 0 saturated heterocycles. The lowest BCUT2D eigenvalue weighted by atomic mass is 10.2. The number of aryl methyl sites for hydroxylation is 1. The van der Waals surface area contributed by atoms with Gasteiger partial charge in [0.2, 0.25) is 0 Å². The number of benzene rings is 2. The summed E-state index contributed by atoms with van der Waals surface area (Å²) in [6.07, 6.45) is 2.82. The predicted molar refractivity (Wildman–Crippen MR) is 73.4 cm³/mol. The van der Waals surface area contributed by atoms with E-state index in [1.54, 1.807) is 0 Å². The van der Waals surface area contributed by atoms with E-state index >= 15 is 0 Å². The highest BCUT2D eigenvalue weighted by molar-refractivity contribution is 5.98. The fraction of sp³-hybridized carbons (Fsp3) is 0.0625. The molecule has 1 aromatic heterocycles. The first-order chi connectivity index (χ1) is 8.81. The summed E-state index contributed by atoms with van der Waals surface area (Å²) in [6.45, 7) is 2.07. The SMILES string of the molecule is Cc1ccccc1-n1cc(C=O)c2ccccc21. The molecule has 88 valence electrons. The van der Waals surface area contributed by atoms with Gasteiger partial charge in [-0.2, -0.15) is 0 Å². The highest BCUT2D eigenvalue weighted by Gasteiger charge is 2.09. The Morgan fingerprint density at radius 2 is 1.72 bits per heavy atom. The van der Waals surface area contributed by atoms with Crippen LogP contribution >= 0.6 is 0 Å². The van der Waals surface area contributed by atoms with E-state index in [2.05, 4.69) is 23.6 Å². The van der Waals surface area contributed by atoms with Gasteiger partial charge in [-0.3, -0.25) is 4.79 Å². The topological polar surface area (TPSA) is 22.0 Å². The first kappa shape index (κ1) is 10.8. The standard InChI is InChI=1S/C16H13NO/c1-12-6-2-4-8-15(12)17-10-13(11-18)14-7-3-5-9-16(14)17/h2-11H,1H3. The molecule has 3 rings (SSSR count). The van der Waals surface area contributed by atoms with Gasteiger partial charge in [0.25, 0.3) is 0 Å². The zero-order chi connectivity index (χ0) is 12.5. The summed E-state index contributed by atoms with van der Waals surface area (Å²) in [7, 11) is 0. The van der Waals surface area contributed by atoms with E-state index in [-0.39, 0.29) is 0 Å². The van der Waals surface area contributed by atoms with Crippen LogP contribution in [0.4, 0.5) is 0 Å². The van der Waals surface area contributed by atoms with Crippen molar-refractivity contribution >= 4 is 17.2 Å². The average molecular weight is 235 g/mol. The Bertz CT molecular complexity index is 725. The Balaban J connectivity index is 2.37. The third-order valence-electron chi connectivity index (χ3n) is 3.24. The first-order valence-corrected chi connectivity index (χ1v) is 5.92. The molecule has 2 nitrogen and oxygen atoms in total. The molecule has 0 fully saturated rings. The van der Waals surface area contributed by atoms with Gasteiger partial charge >= 0.3 is 0 Å². The van der Waals surface area contributed by atoms with Crippen LogP contribution in [0.1, 0.15) is 15.9 Å². The van der Waals surface area contributed by atoms with E-state index < -0.39 is 0 Å². The number of carbonyl (C=O) groups is 1. The molecule has 1 heterocycles. The van der Waals surface area contributed by atoms with Crippen molar-refractivity contribution in [2.75, 3.05) is 0 Å². The lowest BCUT2D eigenvalue weighted by Crippen LogP contribution is -1.94.